The van der Waals surface area contributed by atoms with E-state index in [4.69, 9.17) is 4.74 Å². The molecule has 1 rings (SSSR count). The molecule has 0 fully saturated rings. The second-order valence-electron chi connectivity index (χ2n) is 5.55. The number of methoxy groups -OCH3 is 1. The van der Waals surface area contributed by atoms with Crippen LogP contribution in [0.2, 0.25) is 0 Å². The standard InChI is InChI=1S/C15H24O2/c1-11(2)9-12-7-6-8-13(10-12)14(16)15(3,4)17-5/h6-8,10-11,14,16H,9H2,1-5H3. The Morgan fingerprint density at radius 3 is 2.47 bits per heavy atom. The Morgan fingerprint density at radius 1 is 1.29 bits per heavy atom. The molecule has 0 aromatic heterocycles. The van der Waals surface area contributed by atoms with Crippen molar-refractivity contribution in [3.05, 3.63) is 35.4 Å². The molecule has 1 aromatic carbocycles. The third-order valence-electron chi connectivity index (χ3n) is 3.10. The van der Waals surface area contributed by atoms with Crippen LogP contribution in [0.5, 0.6) is 0 Å². The van der Waals surface area contributed by atoms with Gasteiger partial charge in [0.05, 0.1) is 5.60 Å². The van der Waals surface area contributed by atoms with E-state index in [2.05, 4.69) is 26.0 Å². The van der Waals surface area contributed by atoms with Gasteiger partial charge in [0.15, 0.2) is 0 Å². The van der Waals surface area contributed by atoms with E-state index in [1.807, 2.05) is 26.0 Å². The summed E-state index contributed by atoms with van der Waals surface area (Å²) in [6.07, 6.45) is 0.438. The summed E-state index contributed by atoms with van der Waals surface area (Å²) >= 11 is 0. The van der Waals surface area contributed by atoms with Crippen LogP contribution in [-0.4, -0.2) is 17.8 Å². The summed E-state index contributed by atoms with van der Waals surface area (Å²) in [6.45, 7) is 8.18. The smallest absolute Gasteiger partial charge is 0.107 e. The van der Waals surface area contributed by atoms with E-state index >= 15 is 0 Å². The topological polar surface area (TPSA) is 29.5 Å². The number of aliphatic hydroxyl groups excluding tert-OH is 1. The molecule has 0 aliphatic carbocycles. The molecule has 1 aromatic rings. The molecule has 2 heteroatoms. The lowest BCUT2D eigenvalue weighted by molar-refractivity contribution is -0.0793. The molecule has 1 N–H and O–H groups in total. The van der Waals surface area contributed by atoms with Gasteiger partial charge in [0, 0.05) is 7.11 Å². The molecule has 0 amide bonds. The Hall–Kier alpha value is -0.860. The maximum absolute atomic E-state index is 10.3. The maximum Gasteiger partial charge on any atom is 0.107 e. The summed E-state index contributed by atoms with van der Waals surface area (Å²) < 4.78 is 5.32. The summed E-state index contributed by atoms with van der Waals surface area (Å²) in [6, 6.07) is 8.14. The molecule has 2 nitrogen and oxygen atoms in total. The van der Waals surface area contributed by atoms with Gasteiger partial charge in [-0.2, -0.15) is 0 Å². The lowest BCUT2D eigenvalue weighted by Crippen LogP contribution is -2.31. The van der Waals surface area contributed by atoms with Crippen LogP contribution in [0.3, 0.4) is 0 Å². The van der Waals surface area contributed by atoms with Crippen LogP contribution in [0, 0.1) is 5.92 Å². The molecule has 0 radical (unpaired) electrons. The molecule has 17 heavy (non-hydrogen) atoms. The predicted molar refractivity (Wildman–Crippen MR) is 71.0 cm³/mol. The van der Waals surface area contributed by atoms with Crippen LogP contribution in [0.1, 0.15) is 44.9 Å². The number of aliphatic hydroxyl groups is 1. The quantitative estimate of drug-likeness (QED) is 0.849. The molecule has 0 saturated heterocycles. The third kappa shape index (κ3) is 3.83. The van der Waals surface area contributed by atoms with E-state index in [1.54, 1.807) is 7.11 Å². The Labute approximate surface area is 105 Å². The van der Waals surface area contributed by atoms with Gasteiger partial charge in [-0.15, -0.1) is 0 Å². The Kier molecular flexibility index (Phi) is 4.72. The van der Waals surface area contributed by atoms with Crippen LogP contribution in [0.4, 0.5) is 0 Å². The lowest BCUT2D eigenvalue weighted by atomic mass is 9.92. The van der Waals surface area contributed by atoms with Crippen LogP contribution >= 0.6 is 0 Å². The van der Waals surface area contributed by atoms with Crippen LogP contribution < -0.4 is 0 Å². The molecular formula is C15H24O2. The zero-order valence-corrected chi connectivity index (χ0v) is 11.5. The first-order chi connectivity index (χ1) is 7.86. The summed E-state index contributed by atoms with van der Waals surface area (Å²) in [7, 11) is 1.63. The molecule has 0 aliphatic rings. The van der Waals surface area contributed by atoms with Gasteiger partial charge in [-0.1, -0.05) is 38.1 Å². The fourth-order valence-electron chi connectivity index (χ4n) is 1.87. The van der Waals surface area contributed by atoms with Gasteiger partial charge in [-0.3, -0.25) is 0 Å². The summed E-state index contributed by atoms with van der Waals surface area (Å²) in [5.41, 5.74) is 1.63. The van der Waals surface area contributed by atoms with Gasteiger partial charge in [0.1, 0.15) is 6.10 Å². The van der Waals surface area contributed by atoms with Crippen molar-refractivity contribution >= 4 is 0 Å². The molecule has 0 saturated carbocycles. The number of hydrogen-bond donors (Lipinski definition) is 1. The molecule has 0 aliphatic heterocycles. The molecule has 1 unspecified atom stereocenters. The molecule has 0 bridgehead atoms. The number of benzene rings is 1. The average Bonchev–Trinajstić information content (AvgIpc) is 2.27. The van der Waals surface area contributed by atoms with Gasteiger partial charge in [-0.05, 0) is 37.3 Å². The van der Waals surface area contributed by atoms with Crippen LogP contribution in [0.15, 0.2) is 24.3 Å². The first-order valence-electron chi connectivity index (χ1n) is 6.19. The normalized spacial score (nSPS) is 14.1. The van der Waals surface area contributed by atoms with Crippen molar-refractivity contribution in [3.63, 3.8) is 0 Å². The van der Waals surface area contributed by atoms with E-state index in [0.717, 1.165) is 12.0 Å². The maximum atomic E-state index is 10.3. The minimum atomic E-state index is -0.598. The van der Waals surface area contributed by atoms with E-state index in [-0.39, 0.29) is 0 Å². The fraction of sp³-hybridized carbons (Fsp3) is 0.600. The Bertz CT molecular complexity index is 356. The highest BCUT2D eigenvalue weighted by atomic mass is 16.5. The van der Waals surface area contributed by atoms with Crippen LogP contribution in [-0.2, 0) is 11.2 Å². The fourth-order valence-corrected chi connectivity index (χ4v) is 1.87. The SMILES string of the molecule is COC(C)(C)C(O)c1cccc(CC(C)C)c1. The molecular weight excluding hydrogens is 212 g/mol. The first kappa shape index (κ1) is 14.2. The van der Waals surface area contributed by atoms with Crippen molar-refractivity contribution in [2.45, 2.75) is 45.8 Å². The van der Waals surface area contributed by atoms with Crippen molar-refractivity contribution in [2.75, 3.05) is 7.11 Å². The minimum Gasteiger partial charge on any atom is -0.385 e. The van der Waals surface area contributed by atoms with Gasteiger partial charge >= 0.3 is 0 Å². The zero-order chi connectivity index (χ0) is 13.1. The van der Waals surface area contributed by atoms with Crippen molar-refractivity contribution in [1.29, 1.82) is 0 Å². The third-order valence-corrected chi connectivity index (χ3v) is 3.10. The average molecular weight is 236 g/mol. The van der Waals surface area contributed by atoms with Gasteiger partial charge in [-0.25, -0.2) is 0 Å². The van der Waals surface area contributed by atoms with Crippen molar-refractivity contribution in [2.24, 2.45) is 5.92 Å². The largest absolute Gasteiger partial charge is 0.385 e. The minimum absolute atomic E-state index is 0.559. The number of rotatable bonds is 5. The van der Waals surface area contributed by atoms with E-state index in [1.165, 1.54) is 5.56 Å². The predicted octanol–water partition coefficient (Wildman–Crippen LogP) is 3.34. The molecule has 96 valence electrons. The monoisotopic (exact) mass is 236 g/mol. The molecule has 0 spiro atoms. The van der Waals surface area contributed by atoms with Crippen LogP contribution in [0.25, 0.3) is 0 Å². The summed E-state index contributed by atoms with van der Waals surface area (Å²) in [5.74, 6) is 0.623. The second-order valence-corrected chi connectivity index (χ2v) is 5.55. The number of ether oxygens (including phenoxy) is 1. The summed E-state index contributed by atoms with van der Waals surface area (Å²) in [5, 5.41) is 10.3. The highest BCUT2D eigenvalue weighted by molar-refractivity contribution is 5.27. The Morgan fingerprint density at radius 2 is 1.94 bits per heavy atom. The van der Waals surface area contributed by atoms with E-state index in [0.29, 0.717) is 5.92 Å². The second kappa shape index (κ2) is 5.65. The van der Waals surface area contributed by atoms with Crippen molar-refractivity contribution in [3.8, 4) is 0 Å². The van der Waals surface area contributed by atoms with E-state index < -0.39 is 11.7 Å². The Balaban J connectivity index is 2.91. The number of hydrogen-bond acceptors (Lipinski definition) is 2. The highest BCUT2D eigenvalue weighted by Crippen LogP contribution is 2.28. The first-order valence-corrected chi connectivity index (χ1v) is 6.19. The van der Waals surface area contributed by atoms with E-state index in [9.17, 15) is 5.11 Å². The summed E-state index contributed by atoms with van der Waals surface area (Å²) in [4.78, 5) is 0. The molecule has 1 atom stereocenters. The van der Waals surface area contributed by atoms with Gasteiger partial charge in [0.2, 0.25) is 0 Å². The van der Waals surface area contributed by atoms with Gasteiger partial charge < -0.3 is 9.84 Å². The zero-order valence-electron chi connectivity index (χ0n) is 11.5. The molecule has 0 heterocycles. The van der Waals surface area contributed by atoms with Crippen molar-refractivity contribution < 1.29 is 9.84 Å². The highest BCUT2D eigenvalue weighted by Gasteiger charge is 2.28. The van der Waals surface area contributed by atoms with Crippen molar-refractivity contribution in [1.82, 2.24) is 0 Å². The lowest BCUT2D eigenvalue weighted by Gasteiger charge is -2.29. The van der Waals surface area contributed by atoms with Gasteiger partial charge in [0.25, 0.3) is 0 Å².